The van der Waals surface area contributed by atoms with Gasteiger partial charge in [0.15, 0.2) is 12.0 Å². The van der Waals surface area contributed by atoms with Gasteiger partial charge in [0.2, 0.25) is 5.76 Å². The summed E-state index contributed by atoms with van der Waals surface area (Å²) in [6.45, 7) is 3.18. The first kappa shape index (κ1) is 18.7. The Bertz CT molecular complexity index is 1100. The number of amides is 1. The van der Waals surface area contributed by atoms with Crippen LogP contribution in [0.2, 0.25) is 5.02 Å². The van der Waals surface area contributed by atoms with Gasteiger partial charge in [0, 0.05) is 6.07 Å². The average molecular weight is 386 g/mol. The first-order valence-electron chi connectivity index (χ1n) is 8.11. The molecule has 6 nitrogen and oxygen atoms in total. The van der Waals surface area contributed by atoms with Crippen LogP contribution in [0.3, 0.4) is 0 Å². The molecule has 0 aliphatic rings. The predicted octanol–water partition coefficient (Wildman–Crippen LogP) is 3.86. The third kappa shape index (κ3) is 4.35. The van der Waals surface area contributed by atoms with Crippen LogP contribution in [0.25, 0.3) is 11.0 Å². The SMILES string of the molecule is Cc1ccc(NC(=O)COC(=O)c2cc(=O)c3cc(C)ccc3o2)c(Cl)c1. The molecule has 0 radical (unpaired) electrons. The molecular formula is C20H16ClNO5. The van der Waals surface area contributed by atoms with Gasteiger partial charge in [-0.05, 0) is 43.7 Å². The van der Waals surface area contributed by atoms with Gasteiger partial charge in [-0.1, -0.05) is 29.3 Å². The highest BCUT2D eigenvalue weighted by Gasteiger charge is 2.16. The monoisotopic (exact) mass is 385 g/mol. The third-order valence-corrected chi connectivity index (χ3v) is 4.13. The van der Waals surface area contributed by atoms with Crippen LogP contribution in [-0.2, 0) is 9.53 Å². The van der Waals surface area contributed by atoms with E-state index in [4.69, 9.17) is 20.8 Å². The molecule has 0 unspecified atom stereocenters. The van der Waals surface area contributed by atoms with Crippen molar-refractivity contribution in [2.24, 2.45) is 0 Å². The minimum absolute atomic E-state index is 0.266. The van der Waals surface area contributed by atoms with Gasteiger partial charge in [-0.3, -0.25) is 9.59 Å². The second-order valence-corrected chi connectivity index (χ2v) is 6.49. The van der Waals surface area contributed by atoms with Crippen molar-refractivity contribution < 1.29 is 18.7 Å². The van der Waals surface area contributed by atoms with Gasteiger partial charge in [-0.25, -0.2) is 4.79 Å². The van der Waals surface area contributed by atoms with Crippen molar-refractivity contribution in [3.8, 4) is 0 Å². The quantitative estimate of drug-likeness (QED) is 0.689. The molecular weight excluding hydrogens is 370 g/mol. The number of halogens is 1. The third-order valence-electron chi connectivity index (χ3n) is 3.82. The lowest BCUT2D eigenvalue weighted by Crippen LogP contribution is -2.21. The fourth-order valence-corrected chi connectivity index (χ4v) is 2.76. The van der Waals surface area contributed by atoms with E-state index in [1.165, 1.54) is 0 Å². The lowest BCUT2D eigenvalue weighted by atomic mass is 10.1. The number of benzene rings is 2. The maximum Gasteiger partial charge on any atom is 0.374 e. The smallest absolute Gasteiger partial charge is 0.374 e. The van der Waals surface area contributed by atoms with E-state index in [0.29, 0.717) is 16.1 Å². The summed E-state index contributed by atoms with van der Waals surface area (Å²) in [7, 11) is 0. The Morgan fingerprint density at radius 2 is 1.78 bits per heavy atom. The topological polar surface area (TPSA) is 85.6 Å². The molecule has 27 heavy (non-hydrogen) atoms. The van der Waals surface area contributed by atoms with Crippen molar-refractivity contribution in [1.29, 1.82) is 0 Å². The van der Waals surface area contributed by atoms with Crippen molar-refractivity contribution in [2.75, 3.05) is 11.9 Å². The minimum Gasteiger partial charge on any atom is -0.450 e. The molecule has 1 N–H and O–H groups in total. The largest absolute Gasteiger partial charge is 0.450 e. The number of aryl methyl sites for hydroxylation is 2. The van der Waals surface area contributed by atoms with E-state index in [1.54, 1.807) is 36.4 Å². The van der Waals surface area contributed by atoms with Crippen LogP contribution in [0.5, 0.6) is 0 Å². The molecule has 0 atom stereocenters. The molecule has 0 spiro atoms. The second-order valence-electron chi connectivity index (χ2n) is 6.08. The van der Waals surface area contributed by atoms with E-state index in [1.807, 2.05) is 13.8 Å². The van der Waals surface area contributed by atoms with Crippen molar-refractivity contribution in [1.82, 2.24) is 0 Å². The predicted molar refractivity (Wildman–Crippen MR) is 102 cm³/mol. The summed E-state index contributed by atoms with van der Waals surface area (Å²) in [6, 6.07) is 11.2. The van der Waals surface area contributed by atoms with E-state index >= 15 is 0 Å². The van der Waals surface area contributed by atoms with Gasteiger partial charge in [-0.15, -0.1) is 0 Å². The van der Waals surface area contributed by atoms with Crippen molar-refractivity contribution >= 4 is 40.1 Å². The van der Waals surface area contributed by atoms with Crippen LogP contribution in [0.4, 0.5) is 5.69 Å². The van der Waals surface area contributed by atoms with E-state index < -0.39 is 18.5 Å². The summed E-state index contributed by atoms with van der Waals surface area (Å²) in [6.07, 6.45) is 0. The summed E-state index contributed by atoms with van der Waals surface area (Å²) in [5.74, 6) is -1.73. The Morgan fingerprint density at radius 3 is 2.52 bits per heavy atom. The molecule has 7 heteroatoms. The molecule has 0 saturated heterocycles. The maximum atomic E-state index is 12.1. The van der Waals surface area contributed by atoms with Gasteiger partial charge in [-0.2, -0.15) is 0 Å². The molecule has 0 saturated carbocycles. The summed E-state index contributed by atoms with van der Waals surface area (Å²) in [5.41, 5.74) is 2.18. The first-order chi connectivity index (χ1) is 12.8. The summed E-state index contributed by atoms with van der Waals surface area (Å²) >= 11 is 6.04. The highest BCUT2D eigenvalue weighted by Crippen LogP contribution is 2.22. The van der Waals surface area contributed by atoms with E-state index in [9.17, 15) is 14.4 Å². The number of hydrogen-bond acceptors (Lipinski definition) is 5. The van der Waals surface area contributed by atoms with Gasteiger partial charge in [0.1, 0.15) is 5.58 Å². The van der Waals surface area contributed by atoms with Crippen LogP contribution in [0.15, 0.2) is 51.7 Å². The highest BCUT2D eigenvalue weighted by molar-refractivity contribution is 6.33. The van der Waals surface area contributed by atoms with Crippen LogP contribution in [-0.4, -0.2) is 18.5 Å². The Balaban J connectivity index is 1.68. The number of nitrogens with one attached hydrogen (secondary N) is 1. The Labute approximate surface area is 159 Å². The number of fused-ring (bicyclic) bond motifs is 1. The molecule has 0 aliphatic heterocycles. The van der Waals surface area contributed by atoms with Gasteiger partial charge < -0.3 is 14.5 Å². The van der Waals surface area contributed by atoms with E-state index in [0.717, 1.165) is 17.2 Å². The van der Waals surface area contributed by atoms with Gasteiger partial charge in [0.05, 0.1) is 16.1 Å². The van der Waals surface area contributed by atoms with Crippen molar-refractivity contribution in [3.05, 3.63) is 74.6 Å². The fourth-order valence-electron chi connectivity index (χ4n) is 2.48. The lowest BCUT2D eigenvalue weighted by Gasteiger charge is -2.08. The molecule has 0 aliphatic carbocycles. The summed E-state index contributed by atoms with van der Waals surface area (Å²) in [4.78, 5) is 36.2. The zero-order chi connectivity index (χ0) is 19.6. The zero-order valence-corrected chi connectivity index (χ0v) is 15.4. The average Bonchev–Trinajstić information content (AvgIpc) is 2.62. The molecule has 1 heterocycles. The lowest BCUT2D eigenvalue weighted by molar-refractivity contribution is -0.119. The molecule has 3 rings (SSSR count). The van der Waals surface area contributed by atoms with Crippen LogP contribution in [0.1, 0.15) is 21.7 Å². The second kappa shape index (κ2) is 7.63. The molecule has 2 aromatic carbocycles. The molecule has 0 fully saturated rings. The number of rotatable bonds is 4. The fraction of sp³-hybridized carbons (Fsp3) is 0.150. The van der Waals surface area contributed by atoms with Crippen molar-refractivity contribution in [3.63, 3.8) is 0 Å². The minimum atomic E-state index is -0.903. The Kier molecular flexibility index (Phi) is 5.28. The number of carbonyl (C=O) groups is 2. The van der Waals surface area contributed by atoms with Crippen LogP contribution in [0, 0.1) is 13.8 Å². The van der Waals surface area contributed by atoms with E-state index in [2.05, 4.69) is 5.32 Å². The van der Waals surface area contributed by atoms with Crippen LogP contribution < -0.4 is 10.7 Å². The number of esters is 1. The van der Waals surface area contributed by atoms with Crippen LogP contribution >= 0.6 is 11.6 Å². The molecule has 1 amide bonds. The molecule has 3 aromatic rings. The normalized spacial score (nSPS) is 10.6. The number of anilines is 1. The Hall–Kier alpha value is -3.12. The van der Waals surface area contributed by atoms with Gasteiger partial charge >= 0.3 is 5.97 Å². The summed E-state index contributed by atoms with van der Waals surface area (Å²) < 4.78 is 10.3. The Morgan fingerprint density at radius 1 is 1.07 bits per heavy atom. The highest BCUT2D eigenvalue weighted by atomic mass is 35.5. The molecule has 1 aromatic heterocycles. The standard InChI is InChI=1S/C20H16ClNO5/c1-11-4-6-17-13(7-11)16(23)9-18(27-17)20(25)26-10-19(24)22-15-5-3-12(2)8-14(15)21/h3-9H,10H2,1-2H3,(H,22,24). The first-order valence-corrected chi connectivity index (χ1v) is 8.49. The number of ether oxygens (including phenoxy) is 1. The molecule has 0 bridgehead atoms. The molecule has 138 valence electrons. The van der Waals surface area contributed by atoms with Gasteiger partial charge in [0.25, 0.3) is 5.91 Å². The maximum absolute atomic E-state index is 12.1. The van der Waals surface area contributed by atoms with E-state index in [-0.39, 0.29) is 16.8 Å². The number of hydrogen-bond donors (Lipinski definition) is 1. The zero-order valence-electron chi connectivity index (χ0n) is 14.7. The van der Waals surface area contributed by atoms with Crippen molar-refractivity contribution in [2.45, 2.75) is 13.8 Å². The summed E-state index contributed by atoms with van der Waals surface area (Å²) in [5, 5.41) is 3.30. The number of carbonyl (C=O) groups excluding carboxylic acids is 2.